The molecule has 9 atom stereocenters. The Kier molecular flexibility index (Phi) is 26.2. The molecule has 0 aliphatic rings. The van der Waals surface area contributed by atoms with E-state index in [1.807, 2.05) is 5.32 Å². The van der Waals surface area contributed by atoms with Crippen LogP contribution in [0.3, 0.4) is 0 Å². The molecule has 0 aliphatic heterocycles. The van der Waals surface area contributed by atoms with Gasteiger partial charge < -0.3 is 79.1 Å². The van der Waals surface area contributed by atoms with Crippen LogP contribution in [0.5, 0.6) is 0 Å². The Morgan fingerprint density at radius 1 is 0.582 bits per heavy atom. The molecule has 0 bridgehead atoms. The van der Waals surface area contributed by atoms with Crippen LogP contribution in [0.1, 0.15) is 46.1 Å². The van der Waals surface area contributed by atoms with Crippen molar-refractivity contribution < 1.29 is 78.3 Å². The average Bonchev–Trinajstić information content (AvgIpc) is 3.26. The predicted octanol–water partition coefficient (Wildman–Crippen LogP) is -6.46. The van der Waals surface area contributed by atoms with Gasteiger partial charge in [0, 0.05) is 6.42 Å². The normalized spacial score (nSPS) is 15.0. The summed E-state index contributed by atoms with van der Waals surface area (Å²) in [5.74, 6) is -11.8. The lowest BCUT2D eigenvalue weighted by atomic mass is 10.0. The predicted molar refractivity (Wildman–Crippen MR) is 237 cm³/mol. The Labute approximate surface area is 389 Å². The zero-order valence-electron chi connectivity index (χ0n) is 37.5. The number of benzene rings is 1. The Balaban J connectivity index is 2.96. The van der Waals surface area contributed by atoms with E-state index in [9.17, 15) is 73.2 Å². The van der Waals surface area contributed by atoms with E-state index in [0.29, 0.717) is 11.3 Å². The molecule has 1 aromatic rings. The lowest BCUT2D eigenvalue weighted by Gasteiger charge is -2.26. The van der Waals surface area contributed by atoms with E-state index in [2.05, 4.69) is 42.5 Å². The van der Waals surface area contributed by atoms with Crippen LogP contribution in [-0.2, 0) is 59.2 Å². The molecule has 1 aromatic carbocycles. The molecule has 0 aliphatic carbocycles. The lowest BCUT2D eigenvalue weighted by molar-refractivity contribution is -0.148. The lowest BCUT2D eigenvalue weighted by Crippen LogP contribution is -2.60. The van der Waals surface area contributed by atoms with E-state index in [0.717, 1.165) is 13.8 Å². The number of carbonyl (C=O) groups is 11. The number of aliphatic hydroxyl groups is 3. The molecular weight excluding hydrogens is 909 g/mol. The molecule has 26 nitrogen and oxygen atoms in total. The quantitative estimate of drug-likeness (QED) is 0.0341. The second-order valence-corrected chi connectivity index (χ2v) is 16.4. The highest BCUT2D eigenvalue weighted by Crippen LogP contribution is 2.07. The summed E-state index contributed by atoms with van der Waals surface area (Å²) in [6, 6.07) is -2.54. The minimum Gasteiger partial charge on any atom is -0.481 e. The molecule has 1 rings (SSSR count). The first kappa shape index (κ1) is 58.6. The summed E-state index contributed by atoms with van der Waals surface area (Å²) in [5.41, 5.74) is 6.27. The van der Waals surface area contributed by atoms with Gasteiger partial charge in [-0.3, -0.25) is 47.9 Å². The van der Waals surface area contributed by atoms with Crippen LogP contribution >= 0.6 is 11.8 Å². The van der Waals surface area contributed by atoms with Crippen LogP contribution in [0.25, 0.3) is 0 Å². The third kappa shape index (κ3) is 22.1. The second-order valence-electron chi connectivity index (χ2n) is 15.4. The molecule has 0 aromatic heterocycles. The van der Waals surface area contributed by atoms with Gasteiger partial charge in [-0.25, -0.2) is 4.79 Å². The van der Waals surface area contributed by atoms with Gasteiger partial charge in [0.05, 0.1) is 50.9 Å². The molecule has 0 spiro atoms. The third-order valence-electron chi connectivity index (χ3n) is 9.44. The summed E-state index contributed by atoms with van der Waals surface area (Å²) in [6.45, 7) is 2.61. The van der Waals surface area contributed by atoms with Crippen molar-refractivity contribution >= 4 is 76.9 Å². The highest BCUT2D eigenvalue weighted by Gasteiger charge is 2.34. The maximum atomic E-state index is 13.4. The first-order chi connectivity index (χ1) is 31.4. The third-order valence-corrected chi connectivity index (χ3v) is 10.1. The summed E-state index contributed by atoms with van der Waals surface area (Å²) in [4.78, 5) is 139. The van der Waals surface area contributed by atoms with Gasteiger partial charge in [0.2, 0.25) is 53.2 Å². The molecule has 16 N–H and O–H groups in total. The summed E-state index contributed by atoms with van der Waals surface area (Å²) in [6.07, 6.45) is -2.70. The Morgan fingerprint density at radius 2 is 1.06 bits per heavy atom. The van der Waals surface area contributed by atoms with E-state index < -0.39 is 152 Å². The van der Waals surface area contributed by atoms with Gasteiger partial charge in [0.25, 0.3) is 0 Å². The number of carbonyl (C=O) groups excluding carboxylic acids is 9. The molecule has 0 unspecified atom stereocenters. The molecule has 0 radical (unpaired) electrons. The van der Waals surface area contributed by atoms with Crippen LogP contribution in [0.2, 0.25) is 0 Å². The van der Waals surface area contributed by atoms with E-state index in [1.165, 1.54) is 11.8 Å². The number of carboxylic acid groups (broad SMARTS) is 2. The van der Waals surface area contributed by atoms with Crippen LogP contribution in [0.15, 0.2) is 30.3 Å². The van der Waals surface area contributed by atoms with Crippen molar-refractivity contribution in [2.75, 3.05) is 38.2 Å². The molecule has 67 heavy (non-hydrogen) atoms. The van der Waals surface area contributed by atoms with Gasteiger partial charge in [0.15, 0.2) is 0 Å². The van der Waals surface area contributed by atoms with E-state index in [-0.39, 0.29) is 18.8 Å². The molecule has 9 amide bonds. The van der Waals surface area contributed by atoms with Gasteiger partial charge >= 0.3 is 11.9 Å². The number of hydrogen-bond acceptors (Lipinski definition) is 16. The van der Waals surface area contributed by atoms with Crippen molar-refractivity contribution in [3.63, 3.8) is 0 Å². The maximum absolute atomic E-state index is 13.4. The van der Waals surface area contributed by atoms with Crippen LogP contribution < -0.4 is 53.6 Å². The van der Waals surface area contributed by atoms with Crippen LogP contribution in [0, 0.1) is 5.92 Å². The topological polar surface area (TPSA) is 423 Å². The number of amides is 9. The maximum Gasteiger partial charge on any atom is 0.326 e. The Bertz CT molecular complexity index is 1890. The summed E-state index contributed by atoms with van der Waals surface area (Å²) in [5, 5.41) is 68.9. The monoisotopic (exact) mass is 970 g/mol. The fourth-order valence-electron chi connectivity index (χ4n) is 5.58. The van der Waals surface area contributed by atoms with Gasteiger partial charge in [-0.2, -0.15) is 11.8 Å². The zero-order chi connectivity index (χ0) is 51.0. The van der Waals surface area contributed by atoms with E-state index >= 15 is 0 Å². The van der Waals surface area contributed by atoms with Gasteiger partial charge in [0.1, 0.15) is 36.3 Å². The zero-order valence-corrected chi connectivity index (χ0v) is 38.3. The smallest absolute Gasteiger partial charge is 0.326 e. The first-order valence-corrected chi connectivity index (χ1v) is 22.1. The van der Waals surface area contributed by atoms with Crippen molar-refractivity contribution in [2.24, 2.45) is 11.7 Å². The highest BCUT2D eigenvalue weighted by atomic mass is 32.2. The van der Waals surface area contributed by atoms with Gasteiger partial charge in [-0.15, -0.1) is 0 Å². The van der Waals surface area contributed by atoms with Crippen LogP contribution in [0.4, 0.5) is 0 Å². The number of aliphatic carboxylic acids is 2. The minimum absolute atomic E-state index is 0.0151. The van der Waals surface area contributed by atoms with Crippen molar-refractivity contribution in [3.8, 4) is 0 Å². The number of aliphatic hydroxyl groups excluding tert-OH is 3. The summed E-state index contributed by atoms with van der Waals surface area (Å²) >= 11 is 1.30. The molecule has 0 heterocycles. The largest absolute Gasteiger partial charge is 0.481 e. The Morgan fingerprint density at radius 3 is 1.57 bits per heavy atom. The van der Waals surface area contributed by atoms with Crippen molar-refractivity contribution in [1.29, 1.82) is 0 Å². The average molecular weight is 971 g/mol. The number of nitrogens with two attached hydrogens (primary N) is 1. The molecule has 0 saturated heterocycles. The summed E-state index contributed by atoms with van der Waals surface area (Å²) in [7, 11) is 0. The molecule has 374 valence electrons. The molecule has 0 fully saturated rings. The van der Waals surface area contributed by atoms with Crippen molar-refractivity contribution in [1.82, 2.24) is 47.9 Å². The standard InChI is InChI=1S/C40H62N10O16S/c1-19(2)31(41)37(62)43-17-29(56)46-26(18-51)36(61)47-23(11-12-67-5)34(59)49-32(20(3)52)38(63)44-15-27(54)42-16-28(55)45-24(13-22-9-7-6-8-10-22)35(60)50-33(21(4)53)39(64)48-25(40(65)66)14-30(57)58/h6-10,19-21,23-26,31-33,51-53H,11-18,41H2,1-5H3,(H,42,54)(H,43,62)(H,44,63)(H,45,55)(H,46,56)(H,47,61)(H,48,64)(H,49,59)(H,50,60)(H,57,58)(H,65,66)/t20-,21-,23+,24+,25+,26+,31+,32+,33+/m1/s1. The van der Waals surface area contributed by atoms with Gasteiger partial charge in [-0.05, 0) is 43.8 Å². The van der Waals surface area contributed by atoms with Crippen LogP contribution in [-0.4, -0.2) is 183 Å². The highest BCUT2D eigenvalue weighted by molar-refractivity contribution is 7.98. The minimum atomic E-state index is -1.91. The Hall–Kier alpha value is -6.42. The number of nitrogens with one attached hydrogen (secondary N) is 9. The number of hydrogen-bond donors (Lipinski definition) is 15. The molecule has 27 heteroatoms. The van der Waals surface area contributed by atoms with E-state index in [1.54, 1.807) is 50.4 Å². The SMILES string of the molecule is CSCC[C@H](NC(=O)[C@H](CO)NC(=O)CNC(=O)[C@@H](N)C(C)C)C(=O)N[C@H](C(=O)NCC(=O)NCC(=O)N[C@@H](Cc1ccccc1)C(=O)N[C@H](C(=O)N[C@@H](CC(=O)O)C(=O)O)[C@@H](C)O)[C@@H](C)O. The van der Waals surface area contributed by atoms with E-state index in [4.69, 9.17) is 10.8 Å². The fraction of sp³-hybridized carbons (Fsp3) is 0.575. The molecular formula is C40H62N10O16S. The van der Waals surface area contributed by atoms with Crippen molar-refractivity contribution in [3.05, 3.63) is 35.9 Å². The van der Waals surface area contributed by atoms with Crippen molar-refractivity contribution in [2.45, 2.75) is 101 Å². The molecule has 0 saturated carbocycles. The second kappa shape index (κ2) is 30.0. The first-order valence-electron chi connectivity index (χ1n) is 20.7. The number of rotatable bonds is 30. The van der Waals surface area contributed by atoms with Gasteiger partial charge in [-0.1, -0.05) is 44.2 Å². The number of thioether (sulfide) groups is 1. The number of carboxylic acids is 2. The fourth-order valence-corrected chi connectivity index (χ4v) is 6.05. The summed E-state index contributed by atoms with van der Waals surface area (Å²) < 4.78 is 0.